The summed E-state index contributed by atoms with van der Waals surface area (Å²) in [5.41, 5.74) is 0. The van der Waals surface area contributed by atoms with E-state index in [4.69, 9.17) is 9.26 Å². The van der Waals surface area contributed by atoms with Crippen LogP contribution in [0.25, 0.3) is 0 Å². The molecule has 0 spiro atoms. The zero-order valence-electron chi connectivity index (χ0n) is 13.5. The molecule has 2 amide bonds. The van der Waals surface area contributed by atoms with Gasteiger partial charge in [0, 0.05) is 46.1 Å². The van der Waals surface area contributed by atoms with Crippen LogP contribution in [0.3, 0.4) is 0 Å². The number of hydrogen-bond donors (Lipinski definition) is 0. The van der Waals surface area contributed by atoms with E-state index in [0.29, 0.717) is 37.8 Å². The van der Waals surface area contributed by atoms with E-state index in [2.05, 4.69) is 10.1 Å². The summed E-state index contributed by atoms with van der Waals surface area (Å²) >= 11 is 0. The lowest BCUT2D eigenvalue weighted by atomic mass is 10.0. The predicted octanol–water partition coefficient (Wildman–Crippen LogP) is 0.0527. The van der Waals surface area contributed by atoms with Gasteiger partial charge in [0.2, 0.25) is 17.7 Å². The lowest BCUT2D eigenvalue weighted by molar-refractivity contribution is -0.140. The molecule has 0 N–H and O–H groups in total. The monoisotopic (exact) mass is 322 g/mol. The van der Waals surface area contributed by atoms with Gasteiger partial charge in [0.15, 0.2) is 5.82 Å². The van der Waals surface area contributed by atoms with Gasteiger partial charge in [0.1, 0.15) is 6.61 Å². The van der Waals surface area contributed by atoms with Gasteiger partial charge < -0.3 is 19.1 Å². The quantitative estimate of drug-likeness (QED) is 0.705. The minimum Gasteiger partial charge on any atom is -0.375 e. The molecule has 1 aromatic heterocycles. The van der Waals surface area contributed by atoms with Crippen LogP contribution in [0.2, 0.25) is 0 Å². The number of likely N-dealkylation sites (tertiary alicyclic amines) is 1. The number of rotatable bonds is 7. The van der Waals surface area contributed by atoms with Gasteiger partial charge in [-0.15, -0.1) is 0 Å². The summed E-state index contributed by atoms with van der Waals surface area (Å²) in [5.74, 6) is 1.69. The molecule has 2 fully saturated rings. The molecule has 0 atom stereocenters. The Morgan fingerprint density at radius 3 is 2.78 bits per heavy atom. The summed E-state index contributed by atoms with van der Waals surface area (Å²) in [5, 5.41) is 3.96. The molecule has 3 rings (SSSR count). The highest BCUT2D eigenvalue weighted by atomic mass is 16.5. The smallest absolute Gasteiger partial charge is 0.248 e. The SMILES string of the molecule is COCC(=O)N1CC(c2nc(CCN(C)C(=O)C3CC3)no2)C1. The first kappa shape index (κ1) is 15.9. The highest BCUT2D eigenvalue weighted by Crippen LogP contribution is 2.30. The van der Waals surface area contributed by atoms with Crippen molar-refractivity contribution in [2.24, 2.45) is 5.92 Å². The van der Waals surface area contributed by atoms with E-state index in [1.165, 1.54) is 7.11 Å². The number of aromatic nitrogens is 2. The number of likely N-dealkylation sites (N-methyl/N-ethyl adjacent to an activating group) is 1. The molecule has 8 nitrogen and oxygen atoms in total. The van der Waals surface area contributed by atoms with Gasteiger partial charge in [-0.2, -0.15) is 4.98 Å². The molecule has 0 unspecified atom stereocenters. The zero-order chi connectivity index (χ0) is 16.4. The fourth-order valence-corrected chi connectivity index (χ4v) is 2.61. The first-order chi connectivity index (χ1) is 11.1. The van der Waals surface area contributed by atoms with Crippen molar-refractivity contribution in [3.05, 3.63) is 11.7 Å². The standard InChI is InChI=1S/C15H22N4O4/c1-18(15(21)10-3-4-10)6-5-12-16-14(23-17-12)11-7-19(8-11)13(20)9-22-2/h10-11H,3-9H2,1-2H3. The van der Waals surface area contributed by atoms with Crippen LogP contribution >= 0.6 is 0 Å². The topological polar surface area (TPSA) is 88.8 Å². The van der Waals surface area contributed by atoms with Gasteiger partial charge >= 0.3 is 0 Å². The molecule has 1 aliphatic heterocycles. The molecule has 2 heterocycles. The molecular formula is C15H22N4O4. The average Bonchev–Trinajstić information content (AvgIpc) is 3.23. The molecule has 1 aromatic rings. The number of ether oxygens (including phenoxy) is 1. The summed E-state index contributed by atoms with van der Waals surface area (Å²) in [6.45, 7) is 1.87. The van der Waals surface area contributed by atoms with Gasteiger partial charge in [-0.05, 0) is 12.8 Å². The van der Waals surface area contributed by atoms with Crippen LogP contribution in [0.1, 0.15) is 30.5 Å². The minimum atomic E-state index is -0.0244. The summed E-state index contributed by atoms with van der Waals surface area (Å²) in [6, 6.07) is 0. The molecule has 2 aliphatic rings. The number of carbonyl (C=O) groups excluding carboxylic acids is 2. The molecule has 1 saturated carbocycles. The molecule has 0 radical (unpaired) electrons. The third-order valence-electron chi connectivity index (χ3n) is 4.31. The van der Waals surface area contributed by atoms with Crippen molar-refractivity contribution in [1.82, 2.24) is 19.9 Å². The Bertz CT molecular complexity index is 578. The molecule has 0 bridgehead atoms. The zero-order valence-corrected chi connectivity index (χ0v) is 13.5. The van der Waals surface area contributed by atoms with Gasteiger partial charge in [0.05, 0.1) is 5.92 Å². The largest absolute Gasteiger partial charge is 0.375 e. The Morgan fingerprint density at radius 2 is 2.13 bits per heavy atom. The first-order valence-electron chi connectivity index (χ1n) is 7.92. The highest BCUT2D eigenvalue weighted by molar-refractivity contribution is 5.80. The van der Waals surface area contributed by atoms with Crippen molar-refractivity contribution < 1.29 is 18.8 Å². The maximum atomic E-state index is 11.9. The molecule has 23 heavy (non-hydrogen) atoms. The van der Waals surface area contributed by atoms with Crippen LogP contribution < -0.4 is 0 Å². The fraction of sp³-hybridized carbons (Fsp3) is 0.733. The van der Waals surface area contributed by atoms with E-state index in [9.17, 15) is 9.59 Å². The van der Waals surface area contributed by atoms with Crippen LogP contribution in [0, 0.1) is 5.92 Å². The molecule has 1 aliphatic carbocycles. The fourth-order valence-electron chi connectivity index (χ4n) is 2.61. The van der Waals surface area contributed by atoms with E-state index in [-0.39, 0.29) is 30.3 Å². The number of carbonyl (C=O) groups is 2. The van der Waals surface area contributed by atoms with Crippen LogP contribution in [-0.4, -0.2) is 72.2 Å². The summed E-state index contributed by atoms with van der Waals surface area (Å²) in [6.07, 6.45) is 2.60. The summed E-state index contributed by atoms with van der Waals surface area (Å²) in [4.78, 5) is 31.3. The number of hydrogen-bond acceptors (Lipinski definition) is 6. The van der Waals surface area contributed by atoms with E-state index in [1.54, 1.807) is 9.80 Å². The first-order valence-corrected chi connectivity index (χ1v) is 7.92. The molecule has 8 heteroatoms. The maximum Gasteiger partial charge on any atom is 0.248 e. The average molecular weight is 322 g/mol. The Kier molecular flexibility index (Phi) is 4.61. The second-order valence-electron chi connectivity index (χ2n) is 6.26. The van der Waals surface area contributed by atoms with Gasteiger partial charge in [-0.25, -0.2) is 0 Å². The van der Waals surface area contributed by atoms with Gasteiger partial charge in [-0.3, -0.25) is 9.59 Å². The van der Waals surface area contributed by atoms with Crippen molar-refractivity contribution in [3.8, 4) is 0 Å². The van der Waals surface area contributed by atoms with Crippen molar-refractivity contribution in [2.45, 2.75) is 25.2 Å². The molecule has 0 aromatic carbocycles. The van der Waals surface area contributed by atoms with Crippen molar-refractivity contribution in [3.63, 3.8) is 0 Å². The van der Waals surface area contributed by atoms with Gasteiger partial charge in [-0.1, -0.05) is 5.16 Å². The van der Waals surface area contributed by atoms with E-state index in [1.807, 2.05) is 7.05 Å². The van der Waals surface area contributed by atoms with Crippen LogP contribution in [0.5, 0.6) is 0 Å². The predicted molar refractivity (Wildman–Crippen MR) is 79.6 cm³/mol. The molecule has 126 valence electrons. The maximum absolute atomic E-state index is 11.9. The second kappa shape index (κ2) is 6.66. The molecule has 1 saturated heterocycles. The van der Waals surface area contributed by atoms with Gasteiger partial charge in [0.25, 0.3) is 0 Å². The van der Waals surface area contributed by atoms with Crippen molar-refractivity contribution >= 4 is 11.8 Å². The highest BCUT2D eigenvalue weighted by Gasteiger charge is 2.35. The van der Waals surface area contributed by atoms with Crippen LogP contribution in [-0.2, 0) is 20.7 Å². The van der Waals surface area contributed by atoms with Crippen LogP contribution in [0.4, 0.5) is 0 Å². The third-order valence-corrected chi connectivity index (χ3v) is 4.31. The number of nitrogens with zero attached hydrogens (tertiary/aromatic N) is 4. The number of amides is 2. The Labute approximate surface area is 134 Å². The molecular weight excluding hydrogens is 300 g/mol. The lowest BCUT2D eigenvalue weighted by Crippen LogP contribution is -2.49. The summed E-state index contributed by atoms with van der Waals surface area (Å²) < 4.78 is 10.1. The Balaban J connectivity index is 1.44. The number of methoxy groups -OCH3 is 1. The Hall–Kier alpha value is -1.96. The Morgan fingerprint density at radius 1 is 1.39 bits per heavy atom. The normalized spacial score (nSPS) is 17.9. The third kappa shape index (κ3) is 3.69. The van der Waals surface area contributed by atoms with Crippen LogP contribution in [0.15, 0.2) is 4.52 Å². The summed E-state index contributed by atoms with van der Waals surface area (Å²) in [7, 11) is 3.32. The lowest BCUT2D eigenvalue weighted by Gasteiger charge is -2.36. The van der Waals surface area contributed by atoms with E-state index < -0.39 is 0 Å². The van der Waals surface area contributed by atoms with E-state index in [0.717, 1.165) is 12.8 Å². The van der Waals surface area contributed by atoms with Crippen molar-refractivity contribution in [2.75, 3.05) is 40.4 Å². The van der Waals surface area contributed by atoms with Crippen molar-refractivity contribution in [1.29, 1.82) is 0 Å². The minimum absolute atomic E-state index is 0.0244. The van der Waals surface area contributed by atoms with E-state index >= 15 is 0 Å². The second-order valence-corrected chi connectivity index (χ2v) is 6.26.